The maximum absolute atomic E-state index is 5.22. The van der Waals surface area contributed by atoms with Crippen LogP contribution < -0.4 is 15.4 Å². The van der Waals surface area contributed by atoms with E-state index in [4.69, 9.17) is 17.0 Å². The van der Waals surface area contributed by atoms with Gasteiger partial charge in [0, 0.05) is 12.2 Å². The standard InChI is InChI=1S/C12H19N3OS/c1-4-6-9(2)14-12(17)15-11-10(16-3)7-5-8-13-11/h5,7-9H,4,6H2,1-3H3,(H2,13,14,15,17)/t9-/m0/s1. The van der Waals surface area contributed by atoms with Crippen LogP contribution in [0, 0.1) is 0 Å². The average molecular weight is 253 g/mol. The molecule has 1 aromatic rings. The molecule has 0 aliphatic heterocycles. The van der Waals surface area contributed by atoms with Crippen molar-refractivity contribution in [3.05, 3.63) is 18.3 Å². The maximum Gasteiger partial charge on any atom is 0.174 e. The van der Waals surface area contributed by atoms with E-state index in [1.54, 1.807) is 13.3 Å². The van der Waals surface area contributed by atoms with Crippen LogP contribution in [-0.2, 0) is 0 Å². The van der Waals surface area contributed by atoms with Crippen molar-refractivity contribution in [2.75, 3.05) is 12.4 Å². The molecule has 17 heavy (non-hydrogen) atoms. The minimum Gasteiger partial charge on any atom is -0.493 e. The molecule has 0 spiro atoms. The predicted molar refractivity (Wildman–Crippen MR) is 74.5 cm³/mol. The zero-order valence-electron chi connectivity index (χ0n) is 10.5. The predicted octanol–water partition coefficient (Wildman–Crippen LogP) is 2.57. The van der Waals surface area contributed by atoms with Crippen molar-refractivity contribution in [3.63, 3.8) is 0 Å². The van der Waals surface area contributed by atoms with Crippen molar-refractivity contribution >= 4 is 23.1 Å². The topological polar surface area (TPSA) is 46.2 Å². The van der Waals surface area contributed by atoms with Crippen LogP contribution in [0.25, 0.3) is 0 Å². The van der Waals surface area contributed by atoms with Crippen LogP contribution in [0.1, 0.15) is 26.7 Å². The highest BCUT2D eigenvalue weighted by atomic mass is 32.1. The van der Waals surface area contributed by atoms with Crippen molar-refractivity contribution in [3.8, 4) is 5.75 Å². The molecule has 0 fully saturated rings. The molecule has 1 heterocycles. The minimum absolute atomic E-state index is 0.356. The summed E-state index contributed by atoms with van der Waals surface area (Å²) in [6, 6.07) is 4.02. The second-order valence-corrected chi connectivity index (χ2v) is 4.25. The van der Waals surface area contributed by atoms with Crippen molar-refractivity contribution in [2.24, 2.45) is 0 Å². The Kier molecular flexibility index (Phi) is 5.69. The number of nitrogens with one attached hydrogen (secondary N) is 2. The van der Waals surface area contributed by atoms with Gasteiger partial charge in [-0.3, -0.25) is 0 Å². The summed E-state index contributed by atoms with van der Waals surface area (Å²) in [6.45, 7) is 4.25. The van der Waals surface area contributed by atoms with E-state index in [9.17, 15) is 0 Å². The lowest BCUT2D eigenvalue weighted by Gasteiger charge is -2.16. The number of ether oxygens (including phenoxy) is 1. The first-order valence-electron chi connectivity index (χ1n) is 5.74. The number of hydrogen-bond acceptors (Lipinski definition) is 3. The zero-order valence-corrected chi connectivity index (χ0v) is 11.3. The summed E-state index contributed by atoms with van der Waals surface area (Å²) < 4.78 is 5.19. The van der Waals surface area contributed by atoms with E-state index in [2.05, 4.69) is 29.5 Å². The monoisotopic (exact) mass is 253 g/mol. The highest BCUT2D eigenvalue weighted by molar-refractivity contribution is 7.80. The molecule has 0 aromatic carbocycles. The molecule has 2 N–H and O–H groups in total. The number of methoxy groups -OCH3 is 1. The summed E-state index contributed by atoms with van der Waals surface area (Å²) in [6.07, 6.45) is 3.91. The SMILES string of the molecule is CCC[C@H](C)NC(=S)Nc1ncccc1OC. The third-order valence-corrected chi connectivity index (χ3v) is 2.54. The summed E-state index contributed by atoms with van der Waals surface area (Å²) in [5.74, 6) is 1.32. The highest BCUT2D eigenvalue weighted by Gasteiger charge is 2.07. The first kappa shape index (κ1) is 13.7. The molecule has 0 saturated carbocycles. The molecule has 0 aliphatic rings. The van der Waals surface area contributed by atoms with E-state index in [-0.39, 0.29) is 0 Å². The second kappa shape index (κ2) is 7.06. The van der Waals surface area contributed by atoms with Gasteiger partial charge >= 0.3 is 0 Å². The maximum atomic E-state index is 5.22. The molecule has 0 saturated heterocycles. The van der Waals surface area contributed by atoms with Gasteiger partial charge in [-0.1, -0.05) is 13.3 Å². The molecule has 1 aromatic heterocycles. The smallest absolute Gasteiger partial charge is 0.174 e. The lowest BCUT2D eigenvalue weighted by atomic mass is 10.2. The van der Waals surface area contributed by atoms with Gasteiger partial charge < -0.3 is 15.4 Å². The Morgan fingerprint density at radius 1 is 1.59 bits per heavy atom. The van der Waals surface area contributed by atoms with Crippen molar-refractivity contribution in [1.29, 1.82) is 0 Å². The molecule has 1 rings (SSSR count). The van der Waals surface area contributed by atoms with Gasteiger partial charge in [-0.25, -0.2) is 4.98 Å². The Hall–Kier alpha value is -1.36. The van der Waals surface area contributed by atoms with Gasteiger partial charge in [-0.05, 0) is 37.7 Å². The highest BCUT2D eigenvalue weighted by Crippen LogP contribution is 2.19. The normalized spacial score (nSPS) is 11.7. The quantitative estimate of drug-likeness (QED) is 0.790. The molecule has 0 radical (unpaired) electrons. The molecule has 0 bridgehead atoms. The third-order valence-electron chi connectivity index (χ3n) is 2.32. The number of pyridine rings is 1. The Bertz CT molecular complexity index is 371. The number of anilines is 1. The third kappa shape index (κ3) is 4.56. The van der Waals surface area contributed by atoms with Crippen molar-refractivity contribution < 1.29 is 4.74 Å². The number of rotatable bonds is 5. The second-order valence-electron chi connectivity index (χ2n) is 3.84. The van der Waals surface area contributed by atoms with Crippen LogP contribution >= 0.6 is 12.2 Å². The molecule has 0 amide bonds. The van der Waals surface area contributed by atoms with Gasteiger partial charge in [0.1, 0.15) is 0 Å². The van der Waals surface area contributed by atoms with Gasteiger partial charge in [0.05, 0.1) is 7.11 Å². The van der Waals surface area contributed by atoms with Gasteiger partial charge in [-0.15, -0.1) is 0 Å². The molecule has 5 heteroatoms. The number of aromatic nitrogens is 1. The average Bonchev–Trinajstić information content (AvgIpc) is 2.29. The molecule has 4 nitrogen and oxygen atoms in total. The van der Waals surface area contributed by atoms with Crippen LogP contribution in [0.3, 0.4) is 0 Å². The first-order chi connectivity index (χ1) is 8.17. The molecular weight excluding hydrogens is 234 g/mol. The van der Waals surface area contributed by atoms with Crippen molar-refractivity contribution in [1.82, 2.24) is 10.3 Å². The van der Waals surface area contributed by atoms with Crippen LogP contribution in [0.5, 0.6) is 5.75 Å². The summed E-state index contributed by atoms with van der Waals surface area (Å²) in [4.78, 5) is 4.18. The summed E-state index contributed by atoms with van der Waals surface area (Å²) in [5.41, 5.74) is 0. The molecule has 94 valence electrons. The van der Waals surface area contributed by atoms with Crippen LogP contribution in [0.15, 0.2) is 18.3 Å². The lowest BCUT2D eigenvalue weighted by Crippen LogP contribution is -2.36. The fourth-order valence-corrected chi connectivity index (χ4v) is 1.82. The van der Waals surface area contributed by atoms with E-state index in [0.717, 1.165) is 12.8 Å². The van der Waals surface area contributed by atoms with E-state index in [1.807, 2.05) is 12.1 Å². The number of nitrogens with zero attached hydrogens (tertiary/aromatic N) is 1. The summed E-state index contributed by atoms with van der Waals surface area (Å²) in [5, 5.41) is 6.81. The van der Waals surface area contributed by atoms with Gasteiger partial charge in [-0.2, -0.15) is 0 Å². The number of thiocarbonyl (C=S) groups is 1. The Balaban J connectivity index is 2.55. The fraction of sp³-hybridized carbons (Fsp3) is 0.500. The molecular formula is C12H19N3OS. The van der Waals surface area contributed by atoms with E-state index in [1.165, 1.54) is 0 Å². The summed E-state index contributed by atoms with van der Waals surface area (Å²) >= 11 is 5.22. The molecule has 0 aliphatic carbocycles. The zero-order chi connectivity index (χ0) is 12.7. The van der Waals surface area contributed by atoms with E-state index in [0.29, 0.717) is 22.7 Å². The van der Waals surface area contributed by atoms with Crippen LogP contribution in [-0.4, -0.2) is 23.2 Å². The summed E-state index contributed by atoms with van der Waals surface area (Å²) in [7, 11) is 1.61. The van der Waals surface area contributed by atoms with Crippen molar-refractivity contribution in [2.45, 2.75) is 32.7 Å². The Morgan fingerprint density at radius 3 is 3.00 bits per heavy atom. The van der Waals surface area contributed by atoms with Gasteiger partial charge in [0.15, 0.2) is 16.7 Å². The molecule has 1 atom stereocenters. The molecule has 0 unspecified atom stereocenters. The largest absolute Gasteiger partial charge is 0.493 e. The van der Waals surface area contributed by atoms with Crippen LogP contribution in [0.2, 0.25) is 0 Å². The number of hydrogen-bond donors (Lipinski definition) is 2. The Morgan fingerprint density at radius 2 is 2.35 bits per heavy atom. The van der Waals surface area contributed by atoms with E-state index >= 15 is 0 Å². The van der Waals surface area contributed by atoms with E-state index < -0.39 is 0 Å². The lowest BCUT2D eigenvalue weighted by molar-refractivity contribution is 0.415. The fourth-order valence-electron chi connectivity index (χ4n) is 1.52. The minimum atomic E-state index is 0.356. The van der Waals surface area contributed by atoms with Gasteiger partial charge in [0.2, 0.25) is 0 Å². The first-order valence-corrected chi connectivity index (χ1v) is 6.14. The Labute approximate surface area is 108 Å². The van der Waals surface area contributed by atoms with Crippen LogP contribution in [0.4, 0.5) is 5.82 Å². The van der Waals surface area contributed by atoms with Gasteiger partial charge in [0.25, 0.3) is 0 Å².